The van der Waals surface area contributed by atoms with E-state index in [1.807, 2.05) is 121 Å². The fourth-order valence-electron chi connectivity index (χ4n) is 8.09. The van der Waals surface area contributed by atoms with E-state index in [2.05, 4.69) is 58.5 Å². The Morgan fingerprint density at radius 2 is 1.09 bits per heavy atom. The average molecular weight is 765 g/mol. The number of nitrogens with zero attached hydrogens (tertiary/aromatic N) is 6. The van der Waals surface area contributed by atoms with Crippen LogP contribution in [-0.2, 0) is 9.59 Å². The van der Waals surface area contributed by atoms with Crippen LogP contribution in [0.2, 0.25) is 0 Å². The molecule has 2 aromatic heterocycles. The van der Waals surface area contributed by atoms with Gasteiger partial charge in [-0.25, -0.2) is 9.97 Å². The molecule has 10 nitrogen and oxygen atoms in total. The van der Waals surface area contributed by atoms with Crippen molar-refractivity contribution in [2.45, 2.75) is 36.3 Å². The van der Waals surface area contributed by atoms with Crippen LogP contribution >= 0.6 is 11.8 Å². The van der Waals surface area contributed by atoms with Gasteiger partial charge < -0.3 is 19.8 Å². The van der Waals surface area contributed by atoms with E-state index in [0.717, 1.165) is 81.6 Å². The minimum absolute atomic E-state index is 0.0837. The van der Waals surface area contributed by atoms with Crippen molar-refractivity contribution in [3.05, 3.63) is 144 Å². The summed E-state index contributed by atoms with van der Waals surface area (Å²) in [6.07, 6.45) is 5.57. The Kier molecular flexibility index (Phi) is 10.9. The molecular formula is C45H48N8O2S. The van der Waals surface area contributed by atoms with Gasteiger partial charge in [0.2, 0.25) is 11.8 Å². The normalized spacial score (nSPS) is 18.2. The largest absolute Gasteiger partial charge is 0.340 e. The topological polar surface area (TPSA) is 104 Å². The van der Waals surface area contributed by atoms with Crippen molar-refractivity contribution in [3.63, 3.8) is 0 Å². The molecule has 2 aliphatic heterocycles. The Bertz CT molecular complexity index is 2090. The summed E-state index contributed by atoms with van der Waals surface area (Å²) in [6, 6.07) is 36.1. The number of imidazole rings is 2. The Hall–Kier alpha value is -5.49. The number of likely N-dealkylation sites (N-methyl/N-ethyl adjacent to an activating group) is 2. The lowest BCUT2D eigenvalue weighted by Crippen LogP contribution is -2.40. The number of likely N-dealkylation sites (tertiary alicyclic amines) is 1. The molecule has 2 N–H and O–H groups in total. The lowest BCUT2D eigenvalue weighted by molar-refractivity contribution is -0.138. The lowest BCUT2D eigenvalue weighted by Gasteiger charge is -2.31. The van der Waals surface area contributed by atoms with Crippen molar-refractivity contribution in [3.8, 4) is 33.6 Å². The van der Waals surface area contributed by atoms with Crippen LogP contribution in [0.4, 0.5) is 0 Å². The standard InChI is InChI=1S/C45H48N8O2S/c1-50(2)39(34-12-7-5-8-13-34)43(54)52-25-11-16-38(52)41-46-28-36(48-41)32-21-17-30(18-22-32)31-19-23-33(24-20-31)37-29-47-42(49-37)45-53(26-27-56-45)44(55)40(51(3)4)35-14-9-6-10-15-35/h5-10,12-15,17-24,28-29,38-40,45H,11,16,25-27H2,1-4H3,(H,46,48)(H,47,49)/t38-,39+,40?,45-/m0/s1. The molecule has 4 aromatic carbocycles. The van der Waals surface area contributed by atoms with Gasteiger partial charge in [0, 0.05) is 18.8 Å². The number of hydrogen-bond acceptors (Lipinski definition) is 7. The van der Waals surface area contributed by atoms with E-state index >= 15 is 0 Å². The first kappa shape index (κ1) is 37.4. The van der Waals surface area contributed by atoms with E-state index in [-0.39, 0.29) is 35.3 Å². The number of hydrogen-bond donors (Lipinski definition) is 2. The Labute approximate surface area is 333 Å². The third-order valence-corrected chi connectivity index (χ3v) is 12.1. The zero-order valence-electron chi connectivity index (χ0n) is 32.3. The molecule has 2 amide bonds. The van der Waals surface area contributed by atoms with Crippen molar-refractivity contribution in [1.82, 2.24) is 39.5 Å². The maximum absolute atomic E-state index is 13.9. The average Bonchev–Trinajstić information content (AvgIpc) is 4.06. The number of aromatic nitrogens is 4. The molecule has 2 aliphatic rings. The first-order valence-corrected chi connectivity index (χ1v) is 20.3. The summed E-state index contributed by atoms with van der Waals surface area (Å²) < 4.78 is 0. The molecule has 2 saturated heterocycles. The van der Waals surface area contributed by atoms with E-state index < -0.39 is 0 Å². The quantitative estimate of drug-likeness (QED) is 0.138. The highest BCUT2D eigenvalue weighted by atomic mass is 32.2. The van der Waals surface area contributed by atoms with Crippen molar-refractivity contribution < 1.29 is 9.59 Å². The van der Waals surface area contributed by atoms with Gasteiger partial charge >= 0.3 is 0 Å². The van der Waals surface area contributed by atoms with Crippen LogP contribution in [0.25, 0.3) is 33.6 Å². The highest BCUT2D eigenvalue weighted by molar-refractivity contribution is 7.99. The summed E-state index contributed by atoms with van der Waals surface area (Å²) in [5.74, 6) is 2.67. The Balaban J connectivity index is 0.930. The van der Waals surface area contributed by atoms with Gasteiger partial charge in [-0.05, 0) is 74.4 Å². The zero-order chi connectivity index (χ0) is 38.8. The Morgan fingerprint density at radius 3 is 1.61 bits per heavy atom. The van der Waals surface area contributed by atoms with Crippen molar-refractivity contribution in [1.29, 1.82) is 0 Å². The molecule has 0 aliphatic carbocycles. The molecule has 1 unspecified atom stereocenters. The molecule has 6 aromatic rings. The lowest BCUT2D eigenvalue weighted by atomic mass is 10.0. The van der Waals surface area contributed by atoms with E-state index in [4.69, 9.17) is 9.97 Å². The molecule has 11 heteroatoms. The molecule has 286 valence electrons. The van der Waals surface area contributed by atoms with Crippen molar-refractivity contribution in [2.75, 3.05) is 47.0 Å². The number of carbonyl (C=O) groups is 2. The summed E-state index contributed by atoms with van der Waals surface area (Å²) in [5, 5.41) is -0.166. The number of thioether (sulfide) groups is 1. The van der Waals surface area contributed by atoms with E-state index in [1.54, 1.807) is 11.8 Å². The maximum Gasteiger partial charge on any atom is 0.245 e. The summed E-state index contributed by atoms with van der Waals surface area (Å²) in [5.41, 5.74) is 8.13. The first-order chi connectivity index (χ1) is 27.3. The molecule has 0 radical (unpaired) electrons. The molecule has 0 saturated carbocycles. The number of H-pyrrole nitrogens is 2. The van der Waals surface area contributed by atoms with E-state index in [9.17, 15) is 9.59 Å². The van der Waals surface area contributed by atoms with Gasteiger partial charge in [-0.3, -0.25) is 19.4 Å². The van der Waals surface area contributed by atoms with Crippen molar-refractivity contribution >= 4 is 23.6 Å². The van der Waals surface area contributed by atoms with Crippen LogP contribution < -0.4 is 0 Å². The van der Waals surface area contributed by atoms with Crippen LogP contribution in [0.5, 0.6) is 0 Å². The number of nitrogens with one attached hydrogen (secondary N) is 2. The summed E-state index contributed by atoms with van der Waals surface area (Å²) >= 11 is 1.74. The van der Waals surface area contributed by atoms with Gasteiger partial charge in [0.15, 0.2) is 0 Å². The zero-order valence-corrected chi connectivity index (χ0v) is 33.1. The number of benzene rings is 4. The summed E-state index contributed by atoms with van der Waals surface area (Å²) in [4.78, 5) is 52.3. The van der Waals surface area contributed by atoms with Gasteiger partial charge in [0.1, 0.15) is 29.1 Å². The smallest absolute Gasteiger partial charge is 0.245 e. The fraction of sp³-hybridized carbons (Fsp3) is 0.289. The van der Waals surface area contributed by atoms with Gasteiger partial charge in [0.25, 0.3) is 0 Å². The molecule has 0 spiro atoms. The second-order valence-electron chi connectivity index (χ2n) is 15.0. The number of amides is 2. The molecular weight excluding hydrogens is 717 g/mol. The van der Waals surface area contributed by atoms with Crippen LogP contribution in [0.3, 0.4) is 0 Å². The van der Waals surface area contributed by atoms with E-state index in [0.29, 0.717) is 6.54 Å². The predicted molar refractivity (Wildman–Crippen MR) is 223 cm³/mol. The highest BCUT2D eigenvalue weighted by Gasteiger charge is 2.38. The minimum Gasteiger partial charge on any atom is -0.340 e. The summed E-state index contributed by atoms with van der Waals surface area (Å²) in [6.45, 7) is 1.40. The molecule has 2 fully saturated rings. The number of carbonyl (C=O) groups excluding carboxylic acids is 2. The Morgan fingerprint density at radius 1 is 0.625 bits per heavy atom. The summed E-state index contributed by atoms with van der Waals surface area (Å²) in [7, 11) is 7.83. The second-order valence-corrected chi connectivity index (χ2v) is 16.2. The van der Waals surface area contributed by atoms with Crippen LogP contribution in [-0.4, -0.2) is 98.4 Å². The SMILES string of the molecule is CN(C)C(C(=O)N1CCS[C@H]1c1ncc(-c2ccc(-c3ccc(-c4cnc([C@@H]5CCCN5C(=O)[C@@H](c5ccccc5)N(C)C)[nH]4)cc3)cc2)[nH]1)c1ccccc1. The van der Waals surface area contributed by atoms with Gasteiger partial charge in [-0.15, -0.1) is 11.8 Å². The monoisotopic (exact) mass is 764 g/mol. The second kappa shape index (κ2) is 16.3. The number of aromatic amines is 2. The van der Waals surface area contributed by atoms with Crippen LogP contribution in [0.1, 0.15) is 59.1 Å². The molecule has 4 heterocycles. The third kappa shape index (κ3) is 7.54. The van der Waals surface area contributed by atoms with Gasteiger partial charge in [-0.1, -0.05) is 109 Å². The predicted octanol–water partition coefficient (Wildman–Crippen LogP) is 7.98. The molecule has 0 bridgehead atoms. The number of rotatable bonds is 11. The third-order valence-electron chi connectivity index (χ3n) is 10.9. The minimum atomic E-state index is -0.355. The van der Waals surface area contributed by atoms with Crippen LogP contribution in [0, 0.1) is 0 Å². The molecule has 56 heavy (non-hydrogen) atoms. The molecule has 4 atom stereocenters. The first-order valence-electron chi connectivity index (χ1n) is 19.2. The fourth-order valence-corrected chi connectivity index (χ4v) is 9.28. The highest BCUT2D eigenvalue weighted by Crippen LogP contribution is 2.40. The van der Waals surface area contributed by atoms with Gasteiger partial charge in [0.05, 0.1) is 29.8 Å². The van der Waals surface area contributed by atoms with Crippen LogP contribution in [0.15, 0.2) is 122 Å². The van der Waals surface area contributed by atoms with Crippen molar-refractivity contribution in [2.24, 2.45) is 0 Å². The molecule has 8 rings (SSSR count). The maximum atomic E-state index is 13.9. The van der Waals surface area contributed by atoms with E-state index in [1.165, 1.54) is 0 Å². The van der Waals surface area contributed by atoms with Gasteiger partial charge in [-0.2, -0.15) is 0 Å².